The summed E-state index contributed by atoms with van der Waals surface area (Å²) in [7, 11) is 0. The zero-order valence-corrected chi connectivity index (χ0v) is 20.9. The fraction of sp³-hybridized carbons (Fsp3) is 0.333. The molecule has 0 saturated heterocycles. The Morgan fingerprint density at radius 1 is 0.833 bits per heavy atom. The van der Waals surface area contributed by atoms with Crippen LogP contribution in [-0.4, -0.2) is 17.1 Å². The van der Waals surface area contributed by atoms with Crippen LogP contribution >= 0.6 is 0 Å². The lowest BCUT2D eigenvalue weighted by Gasteiger charge is -2.43. The molecule has 1 aliphatic carbocycles. The van der Waals surface area contributed by atoms with Crippen molar-refractivity contribution in [1.82, 2.24) is 4.98 Å². The van der Waals surface area contributed by atoms with Crippen LogP contribution in [-0.2, 0) is 4.79 Å². The van der Waals surface area contributed by atoms with Gasteiger partial charge in [0.2, 0.25) is 0 Å². The van der Waals surface area contributed by atoms with Crippen LogP contribution in [0.15, 0.2) is 78.6 Å². The molecule has 0 spiro atoms. The van der Waals surface area contributed by atoms with Crippen LogP contribution in [0.5, 0.6) is 5.75 Å². The Bertz CT molecular complexity index is 1240. The summed E-state index contributed by atoms with van der Waals surface area (Å²) in [6.07, 6.45) is 1.45. The van der Waals surface area contributed by atoms with Crippen molar-refractivity contribution in [2.45, 2.75) is 53.1 Å². The number of hydrogen-bond acceptors (Lipinski definition) is 3. The third kappa shape index (κ3) is 6.04. The second kappa shape index (κ2) is 9.57. The van der Waals surface area contributed by atoms with Gasteiger partial charge in [-0.25, -0.2) is 4.79 Å². The highest BCUT2D eigenvalue weighted by Crippen LogP contribution is 2.51. The molecule has 0 unspecified atom stereocenters. The summed E-state index contributed by atoms with van der Waals surface area (Å²) in [5.74, 6) is -2.36. The van der Waals surface area contributed by atoms with Crippen molar-refractivity contribution in [3.8, 4) is 16.9 Å². The summed E-state index contributed by atoms with van der Waals surface area (Å²) in [5.41, 5.74) is 6.59. The van der Waals surface area contributed by atoms with Crippen LogP contribution in [0.3, 0.4) is 0 Å². The quantitative estimate of drug-likeness (QED) is 0.271. The summed E-state index contributed by atoms with van der Waals surface area (Å²) in [6, 6.07) is 18.5. The number of pyridine rings is 1. The lowest BCUT2D eigenvalue weighted by molar-refractivity contribution is -0.189. The Balaban J connectivity index is 1.76. The summed E-state index contributed by atoms with van der Waals surface area (Å²) >= 11 is 0. The molecular weight excluding hydrogens is 463 g/mol. The topological polar surface area (TPSA) is 39.2 Å². The molecule has 0 atom stereocenters. The molecule has 0 amide bonds. The molecule has 0 N–H and O–H groups in total. The first-order chi connectivity index (χ1) is 16.8. The van der Waals surface area contributed by atoms with Crippen molar-refractivity contribution in [2.75, 3.05) is 0 Å². The molecule has 0 aliphatic heterocycles. The monoisotopic (exact) mass is 493 g/mol. The van der Waals surface area contributed by atoms with Crippen LogP contribution in [0.1, 0.15) is 58.1 Å². The van der Waals surface area contributed by atoms with Crippen molar-refractivity contribution < 1.29 is 22.7 Å². The Morgan fingerprint density at radius 2 is 1.39 bits per heavy atom. The van der Waals surface area contributed by atoms with Crippen molar-refractivity contribution in [2.24, 2.45) is 10.8 Å². The van der Waals surface area contributed by atoms with Crippen LogP contribution in [0.4, 0.5) is 13.2 Å². The average molecular weight is 494 g/mol. The number of nitrogens with zero attached hydrogens (tertiary/aromatic N) is 1. The van der Waals surface area contributed by atoms with Gasteiger partial charge in [-0.15, -0.1) is 0 Å². The number of carbonyl (C=O) groups excluding carboxylic acids is 1. The maximum atomic E-state index is 12.6. The summed E-state index contributed by atoms with van der Waals surface area (Å²) in [4.78, 5) is 15.5. The van der Waals surface area contributed by atoms with E-state index < -0.39 is 12.1 Å². The number of alkyl halides is 3. The highest BCUT2D eigenvalue weighted by molar-refractivity contribution is 5.84. The van der Waals surface area contributed by atoms with E-state index >= 15 is 0 Å². The maximum Gasteiger partial charge on any atom is 0.491 e. The van der Waals surface area contributed by atoms with Gasteiger partial charge in [-0.3, -0.25) is 4.98 Å². The molecule has 0 radical (unpaired) electrons. The number of rotatable bonds is 4. The average Bonchev–Trinajstić information content (AvgIpc) is 2.79. The van der Waals surface area contributed by atoms with Gasteiger partial charge >= 0.3 is 12.1 Å². The van der Waals surface area contributed by atoms with Crippen LogP contribution < -0.4 is 4.74 Å². The number of benzene rings is 2. The number of hydrogen-bond donors (Lipinski definition) is 0. The van der Waals surface area contributed by atoms with Gasteiger partial charge in [0.1, 0.15) is 5.75 Å². The number of carbonyl (C=O) groups is 1. The van der Waals surface area contributed by atoms with Gasteiger partial charge in [0.05, 0.1) is 0 Å². The Morgan fingerprint density at radius 3 is 1.89 bits per heavy atom. The van der Waals surface area contributed by atoms with Gasteiger partial charge in [0.25, 0.3) is 0 Å². The van der Waals surface area contributed by atoms with Gasteiger partial charge in [-0.1, -0.05) is 75.7 Å². The molecule has 2 aromatic carbocycles. The largest absolute Gasteiger partial charge is 0.491 e. The van der Waals surface area contributed by atoms with E-state index in [0.29, 0.717) is 0 Å². The van der Waals surface area contributed by atoms with Crippen molar-refractivity contribution in [3.63, 3.8) is 0 Å². The maximum absolute atomic E-state index is 12.6. The fourth-order valence-corrected chi connectivity index (χ4v) is 5.61. The third-order valence-electron chi connectivity index (χ3n) is 6.45. The van der Waals surface area contributed by atoms with E-state index in [1.165, 1.54) is 17.7 Å². The zero-order valence-electron chi connectivity index (χ0n) is 20.9. The molecule has 3 nitrogen and oxygen atoms in total. The third-order valence-corrected chi connectivity index (χ3v) is 6.45. The molecule has 1 fully saturated rings. The van der Waals surface area contributed by atoms with Crippen LogP contribution in [0, 0.1) is 10.8 Å². The highest BCUT2D eigenvalue weighted by Gasteiger charge is 2.41. The first-order valence-corrected chi connectivity index (χ1v) is 12.0. The van der Waals surface area contributed by atoms with Gasteiger partial charge in [0.15, 0.2) is 0 Å². The summed E-state index contributed by atoms with van der Waals surface area (Å²) in [6.45, 7) is 9.10. The zero-order chi connectivity index (χ0) is 26.1. The number of aromatic nitrogens is 1. The van der Waals surface area contributed by atoms with Gasteiger partial charge in [0, 0.05) is 12.4 Å². The van der Waals surface area contributed by atoms with Crippen molar-refractivity contribution >= 4 is 11.5 Å². The molecule has 1 heterocycles. The van der Waals surface area contributed by atoms with Crippen LogP contribution in [0.2, 0.25) is 0 Å². The lowest BCUT2D eigenvalue weighted by Crippen LogP contribution is -2.30. The molecule has 1 aliphatic rings. The van der Waals surface area contributed by atoms with Crippen molar-refractivity contribution in [1.29, 1.82) is 0 Å². The normalized spacial score (nSPS) is 16.9. The predicted octanol–water partition coefficient (Wildman–Crippen LogP) is 8.25. The van der Waals surface area contributed by atoms with Gasteiger partial charge in [-0.2, -0.15) is 13.2 Å². The highest BCUT2D eigenvalue weighted by atomic mass is 19.4. The molecule has 36 heavy (non-hydrogen) atoms. The second-order valence-corrected chi connectivity index (χ2v) is 11.1. The van der Waals surface area contributed by atoms with E-state index in [9.17, 15) is 18.0 Å². The fourth-order valence-electron chi connectivity index (χ4n) is 5.61. The minimum atomic E-state index is -5.04. The summed E-state index contributed by atoms with van der Waals surface area (Å²) < 4.78 is 42.4. The van der Waals surface area contributed by atoms with E-state index in [1.807, 2.05) is 18.3 Å². The van der Waals surface area contributed by atoms with E-state index in [2.05, 4.69) is 61.7 Å². The molecule has 1 aromatic heterocycles. The SMILES string of the molecule is CC1(C)CC(=C(c2ccc(OC(=O)C(F)(F)F)cc2)c2ccc(-c3cccnc3)cc2)CC(C)(C)C1. The molecule has 0 bridgehead atoms. The molecule has 6 heteroatoms. The van der Waals surface area contributed by atoms with Crippen molar-refractivity contribution in [3.05, 3.63) is 89.8 Å². The molecular formula is C30H30F3NO2. The Labute approximate surface area is 210 Å². The van der Waals surface area contributed by atoms with E-state index in [-0.39, 0.29) is 16.6 Å². The second-order valence-electron chi connectivity index (χ2n) is 11.1. The lowest BCUT2D eigenvalue weighted by atomic mass is 9.62. The molecule has 1 saturated carbocycles. The van der Waals surface area contributed by atoms with E-state index in [4.69, 9.17) is 0 Å². The van der Waals surface area contributed by atoms with E-state index in [0.717, 1.165) is 47.1 Å². The standard InChI is InChI=1S/C30H30F3NO2/c1-28(2)16-24(17-29(3,4)19-28)26(21-9-7-20(8-10-21)23-6-5-15-34-18-23)22-11-13-25(14-12-22)36-27(35)30(31,32)33/h5-15,18H,16-17,19H2,1-4H3. The van der Waals surface area contributed by atoms with Crippen LogP contribution in [0.25, 0.3) is 16.7 Å². The smallest absolute Gasteiger partial charge is 0.420 e. The minimum Gasteiger partial charge on any atom is -0.420 e. The summed E-state index contributed by atoms with van der Waals surface area (Å²) in [5, 5.41) is 0. The van der Waals surface area contributed by atoms with Gasteiger partial charge < -0.3 is 4.74 Å². The van der Waals surface area contributed by atoms with E-state index in [1.54, 1.807) is 18.3 Å². The number of halogens is 3. The van der Waals surface area contributed by atoms with Gasteiger partial charge in [-0.05, 0) is 76.1 Å². The Hall–Kier alpha value is -3.41. The molecule has 188 valence electrons. The Kier molecular flexibility index (Phi) is 6.82. The number of allylic oxidation sites excluding steroid dienone is 1. The molecule has 4 rings (SSSR count). The number of esters is 1. The first-order valence-electron chi connectivity index (χ1n) is 12.0. The minimum absolute atomic E-state index is 0.111. The molecule has 3 aromatic rings. The first kappa shape index (κ1) is 25.7. The predicted molar refractivity (Wildman–Crippen MR) is 135 cm³/mol. The number of ether oxygens (including phenoxy) is 1.